The monoisotopic (exact) mass is 587 g/mol. The number of hydrogen-bond acceptors (Lipinski definition) is 7. The molecule has 9 nitrogen and oxygen atoms in total. The van der Waals surface area contributed by atoms with Crippen LogP contribution in [0.5, 0.6) is 11.5 Å². The van der Waals surface area contributed by atoms with Crippen LogP contribution in [-0.2, 0) is 17.8 Å². The molecule has 0 N–H and O–H groups in total. The Bertz CT molecular complexity index is 1360. The zero-order chi connectivity index (χ0) is 29.4. The van der Waals surface area contributed by atoms with Gasteiger partial charge in [-0.25, -0.2) is 0 Å². The molecular formula is C29H34ClN3O6S. The maximum absolute atomic E-state index is 13.7. The number of halogens is 1. The molecule has 11 heteroatoms. The van der Waals surface area contributed by atoms with Gasteiger partial charge in [0.2, 0.25) is 5.91 Å². The molecule has 3 rings (SSSR count). The van der Waals surface area contributed by atoms with E-state index < -0.39 is 10.8 Å². The Kier molecular flexibility index (Phi) is 10.9. The normalized spacial score (nSPS) is 10.9. The molecule has 3 aromatic rings. The van der Waals surface area contributed by atoms with Gasteiger partial charge in [-0.2, -0.15) is 0 Å². The second kappa shape index (κ2) is 14.1. The van der Waals surface area contributed by atoms with E-state index >= 15 is 0 Å². The van der Waals surface area contributed by atoms with Gasteiger partial charge in [-0.1, -0.05) is 31.5 Å². The molecule has 0 unspecified atom stereocenters. The Morgan fingerprint density at radius 2 is 1.75 bits per heavy atom. The first-order chi connectivity index (χ1) is 19.0. The van der Waals surface area contributed by atoms with Crippen LogP contribution < -0.4 is 9.47 Å². The van der Waals surface area contributed by atoms with Gasteiger partial charge in [-0.05, 0) is 55.2 Å². The van der Waals surface area contributed by atoms with E-state index in [9.17, 15) is 19.7 Å². The Balaban J connectivity index is 1.84. The molecule has 0 atom stereocenters. The number of carbonyl (C=O) groups excluding carboxylic acids is 2. The summed E-state index contributed by atoms with van der Waals surface area (Å²) in [6.45, 7) is 6.91. The number of ether oxygens (including phenoxy) is 2. The van der Waals surface area contributed by atoms with Crippen molar-refractivity contribution in [1.82, 2.24) is 9.80 Å². The van der Waals surface area contributed by atoms with Crippen LogP contribution in [0.1, 0.15) is 39.5 Å². The van der Waals surface area contributed by atoms with Crippen LogP contribution in [-0.4, -0.2) is 60.4 Å². The number of aryl methyl sites for hydroxylation is 1. The SMILES string of the molecule is COc1ccc(CCN(Cc2ccc(C)s2)C(=O)CN(CC(C)C)C(=O)c2ccc([N+](=O)[O-])cc2Cl)cc1OC. The lowest BCUT2D eigenvalue weighted by Crippen LogP contribution is -2.44. The molecule has 2 aromatic carbocycles. The standard InChI is InChI=1S/C29H34ClN3O6S/c1-19(2)16-32(29(35)24-10-8-22(33(36)37)15-25(24)30)18-28(34)31(17-23-9-6-20(3)40-23)13-12-21-7-11-26(38-4)27(14-21)39-5/h6-11,14-15,19H,12-13,16-18H2,1-5H3. The Labute approximate surface area is 243 Å². The zero-order valence-corrected chi connectivity index (χ0v) is 24.9. The lowest BCUT2D eigenvalue weighted by molar-refractivity contribution is -0.384. The summed E-state index contributed by atoms with van der Waals surface area (Å²) in [7, 11) is 3.16. The third-order valence-corrected chi connectivity index (χ3v) is 7.50. The van der Waals surface area contributed by atoms with E-state index in [2.05, 4.69) is 0 Å². The van der Waals surface area contributed by atoms with Crippen LogP contribution in [0, 0.1) is 23.0 Å². The Morgan fingerprint density at radius 3 is 2.33 bits per heavy atom. The summed E-state index contributed by atoms with van der Waals surface area (Å²) in [5, 5.41) is 11.1. The third kappa shape index (κ3) is 8.19. The first-order valence-electron chi connectivity index (χ1n) is 12.8. The predicted molar refractivity (Wildman–Crippen MR) is 157 cm³/mol. The van der Waals surface area contributed by atoms with Gasteiger partial charge >= 0.3 is 0 Å². The number of nitro benzene ring substituents is 1. The van der Waals surface area contributed by atoms with Crippen molar-refractivity contribution in [3.05, 3.63) is 84.5 Å². The average Bonchev–Trinajstić information content (AvgIpc) is 3.33. The van der Waals surface area contributed by atoms with Crippen molar-refractivity contribution >= 4 is 40.4 Å². The molecule has 0 fully saturated rings. The summed E-state index contributed by atoms with van der Waals surface area (Å²) in [6, 6.07) is 13.4. The van der Waals surface area contributed by atoms with Gasteiger partial charge in [0.25, 0.3) is 11.6 Å². The molecular weight excluding hydrogens is 554 g/mol. The summed E-state index contributed by atoms with van der Waals surface area (Å²) >= 11 is 7.88. The number of amides is 2. The minimum absolute atomic E-state index is 0.0280. The number of hydrogen-bond donors (Lipinski definition) is 0. The van der Waals surface area contributed by atoms with Gasteiger partial charge in [0, 0.05) is 35.0 Å². The number of rotatable bonds is 13. The number of methoxy groups -OCH3 is 2. The van der Waals surface area contributed by atoms with E-state index in [1.807, 2.05) is 51.1 Å². The number of benzene rings is 2. The number of carbonyl (C=O) groups is 2. The van der Waals surface area contributed by atoms with Crippen molar-refractivity contribution in [3.63, 3.8) is 0 Å². The van der Waals surface area contributed by atoms with E-state index in [0.717, 1.165) is 21.4 Å². The summed E-state index contributed by atoms with van der Waals surface area (Å²) in [5.74, 6) is 0.655. The van der Waals surface area contributed by atoms with Crippen molar-refractivity contribution < 1.29 is 24.0 Å². The van der Waals surface area contributed by atoms with Gasteiger partial charge in [0.05, 0.1) is 36.3 Å². The molecule has 0 spiro atoms. The minimum Gasteiger partial charge on any atom is -0.493 e. The Hall–Kier alpha value is -3.63. The van der Waals surface area contributed by atoms with Crippen LogP contribution in [0.15, 0.2) is 48.5 Å². The molecule has 0 saturated carbocycles. The van der Waals surface area contributed by atoms with Gasteiger partial charge in [0.1, 0.15) is 6.54 Å². The first kappa shape index (κ1) is 30.9. The van der Waals surface area contributed by atoms with Crippen LogP contribution in [0.25, 0.3) is 0 Å². The maximum Gasteiger partial charge on any atom is 0.270 e. The van der Waals surface area contributed by atoms with Crippen LogP contribution >= 0.6 is 22.9 Å². The van der Waals surface area contributed by atoms with Gasteiger partial charge in [0.15, 0.2) is 11.5 Å². The highest BCUT2D eigenvalue weighted by Gasteiger charge is 2.26. The predicted octanol–water partition coefficient (Wildman–Crippen LogP) is 6.01. The summed E-state index contributed by atoms with van der Waals surface area (Å²) in [6.07, 6.45) is 0.572. The third-order valence-electron chi connectivity index (χ3n) is 6.21. The number of thiophene rings is 1. The van der Waals surface area contributed by atoms with E-state index in [-0.39, 0.29) is 34.6 Å². The fraction of sp³-hybridized carbons (Fsp3) is 0.379. The van der Waals surface area contributed by atoms with Gasteiger partial charge in [-0.3, -0.25) is 19.7 Å². The minimum atomic E-state index is -0.571. The molecule has 0 aliphatic rings. The lowest BCUT2D eigenvalue weighted by Gasteiger charge is -2.29. The lowest BCUT2D eigenvalue weighted by atomic mass is 10.1. The van der Waals surface area contributed by atoms with Crippen LogP contribution in [0.4, 0.5) is 5.69 Å². The molecule has 40 heavy (non-hydrogen) atoms. The van der Waals surface area contributed by atoms with Crippen LogP contribution in [0.3, 0.4) is 0 Å². The quantitative estimate of drug-likeness (QED) is 0.179. The number of nitrogens with zero attached hydrogens (tertiary/aromatic N) is 3. The second-order valence-electron chi connectivity index (χ2n) is 9.77. The molecule has 0 aliphatic heterocycles. The van der Waals surface area contributed by atoms with Crippen molar-refractivity contribution in [2.24, 2.45) is 5.92 Å². The van der Waals surface area contributed by atoms with E-state index in [4.69, 9.17) is 21.1 Å². The fourth-order valence-electron chi connectivity index (χ4n) is 4.24. The van der Waals surface area contributed by atoms with E-state index in [1.54, 1.807) is 30.5 Å². The summed E-state index contributed by atoms with van der Waals surface area (Å²) in [4.78, 5) is 43.1. The van der Waals surface area contributed by atoms with Gasteiger partial charge < -0.3 is 19.3 Å². The Morgan fingerprint density at radius 1 is 1.02 bits per heavy atom. The number of non-ortho nitro benzene ring substituents is 1. The maximum atomic E-state index is 13.7. The average molecular weight is 588 g/mol. The molecule has 1 aromatic heterocycles. The summed E-state index contributed by atoms with van der Waals surface area (Å²) in [5.41, 5.74) is 0.887. The van der Waals surface area contributed by atoms with Crippen molar-refractivity contribution in [1.29, 1.82) is 0 Å². The second-order valence-corrected chi connectivity index (χ2v) is 11.5. The van der Waals surface area contributed by atoms with Crippen molar-refractivity contribution in [2.45, 2.75) is 33.7 Å². The summed E-state index contributed by atoms with van der Waals surface area (Å²) < 4.78 is 10.8. The van der Waals surface area contributed by atoms with Crippen molar-refractivity contribution in [2.75, 3.05) is 33.9 Å². The topological polar surface area (TPSA) is 102 Å². The molecule has 0 radical (unpaired) electrons. The molecule has 2 amide bonds. The van der Waals surface area contributed by atoms with E-state index in [1.165, 1.54) is 17.0 Å². The molecule has 214 valence electrons. The number of nitro groups is 1. The molecule has 0 aliphatic carbocycles. The highest BCUT2D eigenvalue weighted by molar-refractivity contribution is 7.11. The van der Waals surface area contributed by atoms with E-state index in [0.29, 0.717) is 37.6 Å². The largest absolute Gasteiger partial charge is 0.493 e. The van der Waals surface area contributed by atoms with Crippen molar-refractivity contribution in [3.8, 4) is 11.5 Å². The molecule has 0 bridgehead atoms. The molecule has 0 saturated heterocycles. The fourth-order valence-corrected chi connectivity index (χ4v) is 5.40. The highest BCUT2D eigenvalue weighted by Crippen LogP contribution is 2.28. The van der Waals surface area contributed by atoms with Gasteiger partial charge in [-0.15, -0.1) is 11.3 Å². The molecule has 1 heterocycles. The van der Waals surface area contributed by atoms with Crippen LogP contribution in [0.2, 0.25) is 5.02 Å². The smallest absolute Gasteiger partial charge is 0.270 e. The zero-order valence-electron chi connectivity index (χ0n) is 23.3. The first-order valence-corrected chi connectivity index (χ1v) is 14.0. The highest BCUT2D eigenvalue weighted by atomic mass is 35.5.